The number of likely N-dealkylation sites (tertiary alicyclic amines) is 1. The van der Waals surface area contributed by atoms with Crippen LogP contribution in [-0.2, 0) is 11.3 Å². The smallest absolute Gasteiger partial charge is 0.245 e. The van der Waals surface area contributed by atoms with Crippen molar-refractivity contribution in [3.05, 3.63) is 37.2 Å². The zero-order valence-corrected chi connectivity index (χ0v) is 16.5. The van der Waals surface area contributed by atoms with Gasteiger partial charge in [0, 0.05) is 25.2 Å². The van der Waals surface area contributed by atoms with Crippen molar-refractivity contribution in [2.24, 2.45) is 5.92 Å². The Balaban J connectivity index is 1.46. The summed E-state index contributed by atoms with van der Waals surface area (Å²) in [6, 6.07) is 5.71. The second-order valence-corrected chi connectivity index (χ2v) is 7.53. The molecular formula is C21H22N6O3. The van der Waals surface area contributed by atoms with Crippen LogP contribution in [0.15, 0.2) is 37.2 Å². The van der Waals surface area contributed by atoms with E-state index in [0.29, 0.717) is 35.4 Å². The van der Waals surface area contributed by atoms with E-state index in [2.05, 4.69) is 16.5 Å². The molecule has 154 valence electrons. The number of benzene rings is 1. The van der Waals surface area contributed by atoms with Crippen LogP contribution in [0.25, 0.3) is 22.3 Å². The first-order valence-corrected chi connectivity index (χ1v) is 9.92. The van der Waals surface area contributed by atoms with Gasteiger partial charge >= 0.3 is 0 Å². The van der Waals surface area contributed by atoms with Gasteiger partial charge < -0.3 is 20.1 Å². The highest BCUT2D eigenvalue weighted by molar-refractivity contribution is 5.98. The molecule has 0 saturated carbocycles. The zero-order valence-electron chi connectivity index (χ0n) is 16.5. The standard InChI is InChI=1S/C21H22N6O3/c1-2-17(28)26-7-5-13(6-8-26)10-27-21-18(20(22)23-11-24-21)19(25-27)14-3-4-15-16(9-14)30-12-29-15/h2-4,9,11,13H,1,5-8,10,12H2,(H2,22,23,24). The SMILES string of the molecule is C=CC(=O)N1CCC(Cn2nc(-c3ccc4c(c3)OCO4)c3c(N)ncnc32)CC1. The Labute approximate surface area is 173 Å². The number of carbonyl (C=O) groups is 1. The summed E-state index contributed by atoms with van der Waals surface area (Å²) in [5.74, 6) is 2.18. The normalized spacial score (nSPS) is 16.2. The minimum Gasteiger partial charge on any atom is -0.454 e. The molecule has 0 aliphatic carbocycles. The minimum absolute atomic E-state index is 0.0106. The molecule has 0 spiro atoms. The molecule has 2 aliphatic heterocycles. The summed E-state index contributed by atoms with van der Waals surface area (Å²) in [6.07, 6.45) is 4.64. The van der Waals surface area contributed by atoms with E-state index < -0.39 is 0 Å². The molecule has 9 nitrogen and oxygen atoms in total. The molecular weight excluding hydrogens is 384 g/mol. The highest BCUT2D eigenvalue weighted by Crippen LogP contribution is 2.38. The highest BCUT2D eigenvalue weighted by atomic mass is 16.7. The van der Waals surface area contributed by atoms with E-state index in [-0.39, 0.29) is 12.7 Å². The number of rotatable bonds is 4. The summed E-state index contributed by atoms with van der Waals surface area (Å²) in [5, 5.41) is 5.58. The van der Waals surface area contributed by atoms with Gasteiger partial charge in [0.1, 0.15) is 17.8 Å². The third-order valence-corrected chi connectivity index (χ3v) is 5.74. The largest absolute Gasteiger partial charge is 0.454 e. The molecule has 2 N–H and O–H groups in total. The number of piperidine rings is 1. The Hall–Kier alpha value is -3.62. The van der Waals surface area contributed by atoms with Crippen molar-refractivity contribution in [1.29, 1.82) is 0 Å². The second-order valence-electron chi connectivity index (χ2n) is 7.53. The maximum Gasteiger partial charge on any atom is 0.245 e. The average molecular weight is 406 g/mol. The Bertz CT molecular complexity index is 1130. The molecule has 0 atom stereocenters. The van der Waals surface area contributed by atoms with Crippen LogP contribution in [0.5, 0.6) is 11.5 Å². The number of carbonyl (C=O) groups excluding carboxylic acids is 1. The summed E-state index contributed by atoms with van der Waals surface area (Å²) in [6.45, 7) is 5.93. The first-order chi connectivity index (χ1) is 14.6. The van der Waals surface area contributed by atoms with Crippen LogP contribution in [0.1, 0.15) is 12.8 Å². The summed E-state index contributed by atoms with van der Waals surface area (Å²) in [5.41, 5.74) is 8.51. The molecule has 3 aromatic rings. The number of aromatic nitrogens is 4. The lowest BCUT2D eigenvalue weighted by Crippen LogP contribution is -2.38. The van der Waals surface area contributed by atoms with E-state index in [1.165, 1.54) is 12.4 Å². The van der Waals surface area contributed by atoms with Gasteiger partial charge in [0.05, 0.1) is 5.39 Å². The Kier molecular flexibility index (Phi) is 4.50. The quantitative estimate of drug-likeness (QED) is 0.662. The van der Waals surface area contributed by atoms with Gasteiger partial charge in [0.15, 0.2) is 17.1 Å². The van der Waals surface area contributed by atoms with Crippen molar-refractivity contribution in [3.8, 4) is 22.8 Å². The van der Waals surface area contributed by atoms with Crippen molar-refractivity contribution < 1.29 is 14.3 Å². The first kappa shape index (κ1) is 18.4. The van der Waals surface area contributed by atoms with Crippen LogP contribution in [0.2, 0.25) is 0 Å². The van der Waals surface area contributed by atoms with Crippen LogP contribution in [0, 0.1) is 5.92 Å². The Morgan fingerprint density at radius 1 is 1.23 bits per heavy atom. The van der Waals surface area contributed by atoms with Gasteiger partial charge in [0.25, 0.3) is 0 Å². The number of hydrogen-bond acceptors (Lipinski definition) is 7. The molecule has 1 aromatic carbocycles. The molecule has 9 heteroatoms. The molecule has 0 radical (unpaired) electrons. The number of nitrogens with zero attached hydrogens (tertiary/aromatic N) is 5. The van der Waals surface area contributed by atoms with Gasteiger partial charge in [-0.1, -0.05) is 6.58 Å². The van der Waals surface area contributed by atoms with Crippen molar-refractivity contribution in [2.45, 2.75) is 19.4 Å². The van der Waals surface area contributed by atoms with Crippen molar-refractivity contribution in [3.63, 3.8) is 0 Å². The molecule has 30 heavy (non-hydrogen) atoms. The number of anilines is 1. The molecule has 4 heterocycles. The van der Waals surface area contributed by atoms with Crippen molar-refractivity contribution in [2.75, 3.05) is 25.6 Å². The van der Waals surface area contributed by atoms with E-state index in [0.717, 1.165) is 42.6 Å². The fourth-order valence-electron chi connectivity index (χ4n) is 4.11. The molecule has 2 aromatic heterocycles. The third kappa shape index (κ3) is 3.12. The fourth-order valence-corrected chi connectivity index (χ4v) is 4.11. The van der Waals surface area contributed by atoms with E-state index in [1.807, 2.05) is 27.8 Å². The lowest BCUT2D eigenvalue weighted by atomic mass is 9.97. The molecule has 1 amide bonds. The topological polar surface area (TPSA) is 108 Å². The average Bonchev–Trinajstić information content (AvgIpc) is 3.39. The van der Waals surface area contributed by atoms with Gasteiger partial charge in [-0.3, -0.25) is 4.79 Å². The van der Waals surface area contributed by atoms with Gasteiger partial charge in [-0.2, -0.15) is 5.10 Å². The Morgan fingerprint density at radius 3 is 2.83 bits per heavy atom. The van der Waals surface area contributed by atoms with Crippen LogP contribution in [0.4, 0.5) is 5.82 Å². The molecule has 2 aliphatic rings. The maximum absolute atomic E-state index is 11.8. The zero-order chi connectivity index (χ0) is 20.7. The molecule has 5 rings (SSSR count). The summed E-state index contributed by atoms with van der Waals surface area (Å²) in [4.78, 5) is 22.3. The molecule has 0 unspecified atom stereocenters. The molecule has 1 fully saturated rings. The first-order valence-electron chi connectivity index (χ1n) is 9.92. The van der Waals surface area contributed by atoms with Crippen LogP contribution in [-0.4, -0.2) is 50.4 Å². The van der Waals surface area contributed by atoms with Gasteiger partial charge in [-0.15, -0.1) is 0 Å². The third-order valence-electron chi connectivity index (χ3n) is 5.74. The lowest BCUT2D eigenvalue weighted by Gasteiger charge is -2.31. The summed E-state index contributed by atoms with van der Waals surface area (Å²) >= 11 is 0. The molecule has 1 saturated heterocycles. The predicted molar refractivity (Wildman–Crippen MR) is 111 cm³/mol. The molecule has 0 bridgehead atoms. The van der Waals surface area contributed by atoms with E-state index >= 15 is 0 Å². The summed E-state index contributed by atoms with van der Waals surface area (Å²) in [7, 11) is 0. The Morgan fingerprint density at radius 2 is 2.03 bits per heavy atom. The van der Waals surface area contributed by atoms with Crippen molar-refractivity contribution in [1.82, 2.24) is 24.6 Å². The van der Waals surface area contributed by atoms with E-state index in [9.17, 15) is 4.79 Å². The number of nitrogen functional groups attached to an aromatic ring is 1. The highest BCUT2D eigenvalue weighted by Gasteiger charge is 2.25. The maximum atomic E-state index is 11.8. The van der Waals surface area contributed by atoms with Gasteiger partial charge in [0.2, 0.25) is 12.7 Å². The number of nitrogens with two attached hydrogens (primary N) is 1. The minimum atomic E-state index is -0.0106. The number of fused-ring (bicyclic) bond motifs is 2. The van der Waals surface area contributed by atoms with Crippen LogP contribution < -0.4 is 15.2 Å². The van der Waals surface area contributed by atoms with Crippen molar-refractivity contribution >= 4 is 22.8 Å². The van der Waals surface area contributed by atoms with Crippen LogP contribution in [0.3, 0.4) is 0 Å². The second kappa shape index (κ2) is 7.33. The van der Waals surface area contributed by atoms with E-state index in [1.54, 1.807) is 0 Å². The summed E-state index contributed by atoms with van der Waals surface area (Å²) < 4.78 is 12.8. The number of ether oxygens (including phenoxy) is 2. The lowest BCUT2D eigenvalue weighted by molar-refractivity contribution is -0.127. The fraction of sp³-hybridized carbons (Fsp3) is 0.333. The van der Waals surface area contributed by atoms with Crippen LogP contribution >= 0.6 is 0 Å². The predicted octanol–water partition coefficient (Wildman–Crippen LogP) is 2.23. The van der Waals surface area contributed by atoms with E-state index in [4.69, 9.17) is 20.3 Å². The van der Waals surface area contributed by atoms with Gasteiger partial charge in [-0.25, -0.2) is 14.6 Å². The van der Waals surface area contributed by atoms with Gasteiger partial charge in [-0.05, 0) is 43.0 Å². The monoisotopic (exact) mass is 406 g/mol. The number of hydrogen-bond donors (Lipinski definition) is 1. The number of amides is 1.